The van der Waals surface area contributed by atoms with Crippen molar-refractivity contribution in [1.82, 2.24) is 0 Å². The predicted octanol–water partition coefficient (Wildman–Crippen LogP) is 3.34. The Morgan fingerprint density at radius 3 is 2.30 bits per heavy atom. The Morgan fingerprint density at radius 1 is 1.04 bits per heavy atom. The monoisotopic (exact) mass is 373 g/mol. The third-order valence-corrected chi connectivity index (χ3v) is 3.50. The van der Waals surface area contributed by atoms with Crippen molar-refractivity contribution < 1.29 is 28.9 Å². The highest BCUT2D eigenvalue weighted by Crippen LogP contribution is 2.19. The number of anilines is 1. The van der Waals surface area contributed by atoms with Crippen LogP contribution in [0.4, 0.5) is 5.69 Å². The predicted molar refractivity (Wildman–Crippen MR) is 100 cm³/mol. The molecule has 0 heterocycles. The Hall–Kier alpha value is -3.06. The number of carboxylic acids is 1. The molecule has 7 heteroatoms. The van der Waals surface area contributed by atoms with Crippen LogP contribution in [-0.4, -0.2) is 37.3 Å². The summed E-state index contributed by atoms with van der Waals surface area (Å²) in [5, 5.41) is 11.8. The van der Waals surface area contributed by atoms with E-state index in [4.69, 9.17) is 14.2 Å². The first-order chi connectivity index (χ1) is 13.0. The van der Waals surface area contributed by atoms with Gasteiger partial charge in [0.25, 0.3) is 5.91 Å². The number of methoxy groups -OCH3 is 1. The zero-order valence-corrected chi connectivity index (χ0v) is 15.4. The molecule has 7 nitrogen and oxygen atoms in total. The van der Waals surface area contributed by atoms with Crippen LogP contribution < -0.4 is 14.8 Å². The van der Waals surface area contributed by atoms with Gasteiger partial charge in [0, 0.05) is 12.8 Å². The summed E-state index contributed by atoms with van der Waals surface area (Å²) in [5.41, 5.74) is 1.10. The highest BCUT2D eigenvalue weighted by Gasteiger charge is 2.10. The maximum Gasteiger partial charge on any atom is 0.335 e. The van der Waals surface area contributed by atoms with Crippen molar-refractivity contribution in [2.75, 3.05) is 25.6 Å². The van der Waals surface area contributed by atoms with Crippen LogP contribution in [0.15, 0.2) is 42.5 Å². The second-order valence-corrected chi connectivity index (χ2v) is 5.81. The van der Waals surface area contributed by atoms with E-state index in [-0.39, 0.29) is 18.8 Å². The number of carbonyl (C=O) groups is 2. The molecule has 2 rings (SSSR count). The molecule has 0 saturated heterocycles. The van der Waals surface area contributed by atoms with E-state index in [9.17, 15) is 14.7 Å². The Kier molecular flexibility index (Phi) is 7.63. The van der Waals surface area contributed by atoms with Crippen LogP contribution in [0.5, 0.6) is 11.5 Å². The molecule has 2 N–H and O–H groups in total. The van der Waals surface area contributed by atoms with Gasteiger partial charge in [-0.15, -0.1) is 0 Å². The highest BCUT2D eigenvalue weighted by atomic mass is 16.5. The minimum absolute atomic E-state index is 0.0726. The zero-order valence-electron chi connectivity index (χ0n) is 15.4. The summed E-state index contributed by atoms with van der Waals surface area (Å²) in [4.78, 5) is 23.3. The van der Waals surface area contributed by atoms with Crippen LogP contribution in [-0.2, 0) is 16.1 Å². The number of aromatic carboxylic acids is 1. The molecule has 0 bridgehead atoms. The average molecular weight is 373 g/mol. The van der Waals surface area contributed by atoms with E-state index >= 15 is 0 Å². The second kappa shape index (κ2) is 10.2. The van der Waals surface area contributed by atoms with Gasteiger partial charge < -0.3 is 24.6 Å². The van der Waals surface area contributed by atoms with Gasteiger partial charge >= 0.3 is 5.97 Å². The first-order valence-corrected chi connectivity index (χ1v) is 8.53. The lowest BCUT2D eigenvalue weighted by atomic mass is 10.1. The molecule has 0 radical (unpaired) electrons. The molecule has 0 fully saturated rings. The van der Waals surface area contributed by atoms with Crippen molar-refractivity contribution >= 4 is 17.6 Å². The van der Waals surface area contributed by atoms with Gasteiger partial charge in [0.1, 0.15) is 11.5 Å². The number of nitrogens with one attached hydrogen (secondary N) is 1. The van der Waals surface area contributed by atoms with Crippen molar-refractivity contribution in [3.63, 3.8) is 0 Å². The summed E-state index contributed by atoms with van der Waals surface area (Å²) in [6.07, 6.45) is 0.924. The molecule has 2 aromatic rings. The molecular formula is C20H23NO6. The van der Waals surface area contributed by atoms with Gasteiger partial charge in [0.15, 0.2) is 6.61 Å². The number of benzene rings is 2. The summed E-state index contributed by atoms with van der Waals surface area (Å²) >= 11 is 0. The second-order valence-electron chi connectivity index (χ2n) is 5.81. The fourth-order valence-corrected chi connectivity index (χ4v) is 2.34. The van der Waals surface area contributed by atoms with Crippen LogP contribution >= 0.6 is 0 Å². The van der Waals surface area contributed by atoms with Crippen molar-refractivity contribution in [2.45, 2.75) is 20.0 Å². The van der Waals surface area contributed by atoms with E-state index in [2.05, 4.69) is 5.32 Å². The molecule has 0 atom stereocenters. The molecular weight excluding hydrogens is 350 g/mol. The molecule has 0 saturated carbocycles. The molecule has 2 aromatic carbocycles. The molecule has 0 aliphatic carbocycles. The molecule has 0 aliphatic heterocycles. The molecule has 0 aliphatic rings. The number of hydrogen-bond donors (Lipinski definition) is 2. The largest absolute Gasteiger partial charge is 0.494 e. The molecule has 144 valence electrons. The number of carboxylic acid groups (broad SMARTS) is 1. The van der Waals surface area contributed by atoms with Crippen LogP contribution in [0.25, 0.3) is 0 Å². The van der Waals surface area contributed by atoms with E-state index in [1.807, 2.05) is 6.92 Å². The van der Waals surface area contributed by atoms with Crippen LogP contribution in [0.3, 0.4) is 0 Å². The lowest BCUT2D eigenvalue weighted by Crippen LogP contribution is -2.20. The van der Waals surface area contributed by atoms with Crippen LogP contribution in [0.2, 0.25) is 0 Å². The van der Waals surface area contributed by atoms with E-state index in [1.54, 1.807) is 30.3 Å². The lowest BCUT2D eigenvalue weighted by Gasteiger charge is -2.11. The van der Waals surface area contributed by atoms with Gasteiger partial charge in [-0.25, -0.2) is 4.79 Å². The Morgan fingerprint density at radius 2 is 1.70 bits per heavy atom. The topological polar surface area (TPSA) is 94.1 Å². The summed E-state index contributed by atoms with van der Waals surface area (Å²) in [6, 6.07) is 11.5. The zero-order chi connectivity index (χ0) is 19.6. The quantitative estimate of drug-likeness (QED) is 0.663. The van der Waals surface area contributed by atoms with E-state index in [1.165, 1.54) is 19.2 Å². The van der Waals surface area contributed by atoms with Gasteiger partial charge in [-0.05, 0) is 54.4 Å². The third kappa shape index (κ3) is 6.63. The fraction of sp³-hybridized carbons (Fsp3) is 0.300. The summed E-state index contributed by atoms with van der Waals surface area (Å²) in [6.45, 7) is 2.71. The Bertz CT molecular complexity index is 773. The maximum absolute atomic E-state index is 12.1. The number of carbonyl (C=O) groups excluding carboxylic acids is 1. The molecule has 27 heavy (non-hydrogen) atoms. The smallest absolute Gasteiger partial charge is 0.335 e. The summed E-state index contributed by atoms with van der Waals surface area (Å²) < 4.78 is 16.0. The minimum Gasteiger partial charge on any atom is -0.494 e. The Labute approximate surface area is 157 Å². The summed E-state index contributed by atoms with van der Waals surface area (Å²) in [7, 11) is 1.51. The number of amides is 1. The fourth-order valence-electron chi connectivity index (χ4n) is 2.34. The van der Waals surface area contributed by atoms with Crippen molar-refractivity contribution in [3.8, 4) is 11.5 Å². The first-order valence-electron chi connectivity index (χ1n) is 8.53. The molecule has 0 spiro atoms. The van der Waals surface area contributed by atoms with Gasteiger partial charge in [-0.1, -0.05) is 6.92 Å². The molecule has 0 aromatic heterocycles. The van der Waals surface area contributed by atoms with Crippen molar-refractivity contribution in [3.05, 3.63) is 53.6 Å². The standard InChI is InChI=1S/C20H23NO6/c1-3-8-26-17-4-6-18(7-5-17)27-13-19(22)21-16-10-14(12-25-2)9-15(11-16)20(23)24/h4-7,9-11H,3,8,12-13H2,1-2H3,(H,21,22)(H,23,24). The first kappa shape index (κ1) is 20.3. The normalized spacial score (nSPS) is 10.3. The molecule has 1 amide bonds. The van der Waals surface area contributed by atoms with E-state index in [0.717, 1.165) is 12.2 Å². The molecule has 0 unspecified atom stereocenters. The van der Waals surface area contributed by atoms with E-state index in [0.29, 0.717) is 23.6 Å². The summed E-state index contributed by atoms with van der Waals surface area (Å²) in [5.74, 6) is -0.199. The minimum atomic E-state index is -1.08. The van der Waals surface area contributed by atoms with Crippen LogP contribution in [0, 0.1) is 0 Å². The van der Waals surface area contributed by atoms with Crippen molar-refractivity contribution in [1.29, 1.82) is 0 Å². The number of hydrogen-bond acceptors (Lipinski definition) is 5. The van der Waals surface area contributed by atoms with E-state index < -0.39 is 11.9 Å². The van der Waals surface area contributed by atoms with Gasteiger partial charge in [0.2, 0.25) is 0 Å². The Balaban J connectivity index is 1.94. The van der Waals surface area contributed by atoms with Gasteiger partial charge in [0.05, 0.1) is 18.8 Å². The highest BCUT2D eigenvalue weighted by molar-refractivity contribution is 5.94. The number of ether oxygens (including phenoxy) is 3. The third-order valence-electron chi connectivity index (χ3n) is 3.50. The van der Waals surface area contributed by atoms with Gasteiger partial charge in [-0.3, -0.25) is 4.79 Å². The van der Waals surface area contributed by atoms with Gasteiger partial charge in [-0.2, -0.15) is 0 Å². The lowest BCUT2D eigenvalue weighted by molar-refractivity contribution is -0.118. The number of rotatable bonds is 10. The average Bonchev–Trinajstić information content (AvgIpc) is 2.65. The SMILES string of the molecule is CCCOc1ccc(OCC(=O)Nc2cc(COC)cc(C(=O)O)c2)cc1. The van der Waals surface area contributed by atoms with Crippen LogP contribution in [0.1, 0.15) is 29.3 Å². The van der Waals surface area contributed by atoms with Crippen molar-refractivity contribution in [2.24, 2.45) is 0 Å². The maximum atomic E-state index is 12.1.